The van der Waals surface area contributed by atoms with Crippen molar-refractivity contribution in [2.24, 2.45) is 0 Å². The van der Waals surface area contributed by atoms with Crippen molar-refractivity contribution in [2.75, 3.05) is 0 Å². The first-order valence-electron chi connectivity index (χ1n) is 14.3. The lowest BCUT2D eigenvalue weighted by atomic mass is 9.67. The Kier molecular flexibility index (Phi) is 10.2. The van der Waals surface area contributed by atoms with Crippen LogP contribution in [0.1, 0.15) is 138 Å². The lowest BCUT2D eigenvalue weighted by Gasteiger charge is -2.37. The molecule has 0 fully saturated rings. The Balaban J connectivity index is 1.53. The summed E-state index contributed by atoms with van der Waals surface area (Å²) in [5, 5.41) is 0. The van der Waals surface area contributed by atoms with E-state index in [4.69, 9.17) is 0 Å². The highest BCUT2D eigenvalue weighted by molar-refractivity contribution is 9.10. The van der Waals surface area contributed by atoms with E-state index in [-0.39, 0.29) is 0 Å². The minimum absolute atomic E-state index is 0.669. The third kappa shape index (κ3) is 6.39. The Morgan fingerprint density at radius 2 is 0.941 bits per heavy atom. The van der Waals surface area contributed by atoms with Crippen LogP contribution in [0.2, 0.25) is 0 Å². The standard InChI is InChI=1S/C32H44Br2/c1-3-5-7-9-11-13-15-23-17-25-19-28(34)22-30-24(16-14-12-10-8-6-4-2)18-26-20-27(33)21-29(23)31(26)32(25)30/h19-24H,3-18H2,1-2H3/t23-,24+. The van der Waals surface area contributed by atoms with Gasteiger partial charge < -0.3 is 0 Å². The quantitative estimate of drug-likeness (QED) is 0.193. The monoisotopic (exact) mass is 586 g/mol. The number of benzene rings is 2. The highest BCUT2D eigenvalue weighted by Crippen LogP contribution is 2.52. The smallest absolute Gasteiger partial charge is 0.0181 e. The summed E-state index contributed by atoms with van der Waals surface area (Å²) in [6, 6.07) is 9.80. The molecule has 4 rings (SSSR count). The Labute approximate surface area is 226 Å². The molecule has 0 N–H and O–H groups in total. The SMILES string of the molecule is CCCCCCCC[C@@H]1Cc2cc(Br)cc3c2-c2c(cc(Br)cc21)C[C@@H]3CCCCCCCC. The molecule has 2 aliphatic carbocycles. The van der Waals surface area contributed by atoms with E-state index in [2.05, 4.69) is 70.0 Å². The van der Waals surface area contributed by atoms with Crippen LogP contribution in [0.4, 0.5) is 0 Å². The first-order chi connectivity index (χ1) is 16.6. The van der Waals surface area contributed by atoms with Gasteiger partial charge in [-0.05, 0) is 95.2 Å². The maximum Gasteiger partial charge on any atom is 0.0181 e. The minimum Gasteiger partial charge on any atom is -0.0654 e. The van der Waals surface area contributed by atoms with Crippen molar-refractivity contribution in [3.05, 3.63) is 55.5 Å². The van der Waals surface area contributed by atoms with E-state index in [0.717, 1.165) is 0 Å². The van der Waals surface area contributed by atoms with Crippen molar-refractivity contribution in [2.45, 2.75) is 128 Å². The van der Waals surface area contributed by atoms with Crippen molar-refractivity contribution in [3.8, 4) is 11.1 Å². The lowest BCUT2D eigenvalue weighted by molar-refractivity contribution is 0.521. The van der Waals surface area contributed by atoms with Gasteiger partial charge in [0.2, 0.25) is 0 Å². The molecule has 0 aliphatic heterocycles. The van der Waals surface area contributed by atoms with Crippen LogP contribution in [0.5, 0.6) is 0 Å². The predicted octanol–water partition coefficient (Wildman–Crippen LogP) is 11.7. The third-order valence-corrected chi connectivity index (χ3v) is 9.22. The molecule has 0 aromatic heterocycles. The molecule has 34 heavy (non-hydrogen) atoms. The van der Waals surface area contributed by atoms with Crippen LogP contribution >= 0.6 is 31.9 Å². The molecule has 186 valence electrons. The highest BCUT2D eigenvalue weighted by atomic mass is 79.9. The molecule has 0 radical (unpaired) electrons. The van der Waals surface area contributed by atoms with Crippen molar-refractivity contribution in [3.63, 3.8) is 0 Å². The van der Waals surface area contributed by atoms with Crippen molar-refractivity contribution in [1.82, 2.24) is 0 Å². The fourth-order valence-electron chi connectivity index (χ4n) is 6.56. The van der Waals surface area contributed by atoms with Crippen molar-refractivity contribution in [1.29, 1.82) is 0 Å². The summed E-state index contributed by atoms with van der Waals surface area (Å²) >= 11 is 7.78. The first kappa shape index (κ1) is 26.5. The van der Waals surface area contributed by atoms with E-state index >= 15 is 0 Å². The number of hydrogen-bond acceptors (Lipinski definition) is 0. The predicted molar refractivity (Wildman–Crippen MR) is 156 cm³/mol. The van der Waals surface area contributed by atoms with Gasteiger partial charge in [-0.3, -0.25) is 0 Å². The zero-order chi connectivity index (χ0) is 23.9. The fraction of sp³-hybridized carbons (Fsp3) is 0.625. The van der Waals surface area contributed by atoms with E-state index in [1.807, 2.05) is 0 Å². The molecule has 0 saturated carbocycles. The second-order valence-electron chi connectivity index (χ2n) is 11.0. The maximum absolute atomic E-state index is 3.89. The van der Waals surface area contributed by atoms with Crippen LogP contribution in [0, 0.1) is 0 Å². The second-order valence-corrected chi connectivity index (χ2v) is 12.8. The zero-order valence-electron chi connectivity index (χ0n) is 21.5. The van der Waals surface area contributed by atoms with Gasteiger partial charge in [-0.15, -0.1) is 0 Å². The van der Waals surface area contributed by atoms with E-state index in [0.29, 0.717) is 11.8 Å². The van der Waals surface area contributed by atoms with E-state index in [1.54, 1.807) is 33.4 Å². The van der Waals surface area contributed by atoms with Crippen molar-refractivity contribution >= 4 is 31.9 Å². The molecule has 0 heterocycles. The summed E-state index contributed by atoms with van der Waals surface area (Å²) in [7, 11) is 0. The van der Waals surface area contributed by atoms with Crippen LogP contribution < -0.4 is 0 Å². The van der Waals surface area contributed by atoms with Gasteiger partial charge in [0.1, 0.15) is 0 Å². The molecule has 2 aliphatic rings. The molecule has 0 unspecified atom stereocenters. The Hall–Kier alpha value is -0.600. The topological polar surface area (TPSA) is 0 Å². The highest BCUT2D eigenvalue weighted by Gasteiger charge is 2.34. The maximum atomic E-state index is 3.89. The number of halogens is 2. The Bertz CT molecular complexity index is 867. The second kappa shape index (κ2) is 13.1. The lowest BCUT2D eigenvalue weighted by Crippen LogP contribution is -2.21. The van der Waals surface area contributed by atoms with Crippen molar-refractivity contribution < 1.29 is 0 Å². The van der Waals surface area contributed by atoms with Gasteiger partial charge in [0, 0.05) is 8.95 Å². The number of rotatable bonds is 14. The molecule has 2 aromatic carbocycles. The van der Waals surface area contributed by atoms with Gasteiger partial charge in [0.15, 0.2) is 0 Å². The minimum atomic E-state index is 0.669. The largest absolute Gasteiger partial charge is 0.0654 e. The van der Waals surface area contributed by atoms with Gasteiger partial charge >= 0.3 is 0 Å². The summed E-state index contributed by atoms with van der Waals surface area (Å²) in [6.07, 6.45) is 21.7. The molecule has 0 saturated heterocycles. The van der Waals surface area contributed by atoms with Crippen LogP contribution in [-0.2, 0) is 12.8 Å². The van der Waals surface area contributed by atoms with Gasteiger partial charge in [0.05, 0.1) is 0 Å². The van der Waals surface area contributed by atoms with Crippen LogP contribution in [0.15, 0.2) is 33.2 Å². The van der Waals surface area contributed by atoms with E-state index in [9.17, 15) is 0 Å². The third-order valence-electron chi connectivity index (χ3n) is 8.31. The number of hydrogen-bond donors (Lipinski definition) is 0. The molecule has 2 aromatic rings. The van der Waals surface area contributed by atoms with Gasteiger partial charge in [-0.1, -0.05) is 123 Å². The molecular weight excluding hydrogens is 544 g/mol. The Morgan fingerprint density at radius 3 is 1.35 bits per heavy atom. The molecular formula is C32H44Br2. The van der Waals surface area contributed by atoms with E-state index < -0.39 is 0 Å². The molecule has 2 heteroatoms. The molecule has 0 amide bonds. The Morgan fingerprint density at radius 1 is 0.559 bits per heavy atom. The summed E-state index contributed by atoms with van der Waals surface area (Å²) in [6.45, 7) is 4.61. The summed E-state index contributed by atoms with van der Waals surface area (Å²) in [5.41, 5.74) is 9.69. The number of unbranched alkanes of at least 4 members (excludes halogenated alkanes) is 10. The van der Waals surface area contributed by atoms with Gasteiger partial charge in [-0.2, -0.15) is 0 Å². The van der Waals surface area contributed by atoms with Gasteiger partial charge in [-0.25, -0.2) is 0 Å². The molecule has 0 nitrogen and oxygen atoms in total. The zero-order valence-corrected chi connectivity index (χ0v) is 24.7. The molecule has 0 spiro atoms. The average Bonchev–Trinajstić information content (AvgIpc) is 2.81. The van der Waals surface area contributed by atoms with Crippen LogP contribution in [-0.4, -0.2) is 0 Å². The normalized spacial score (nSPS) is 18.2. The van der Waals surface area contributed by atoms with E-state index in [1.165, 1.54) is 112 Å². The summed E-state index contributed by atoms with van der Waals surface area (Å²) < 4.78 is 2.58. The molecule has 2 atom stereocenters. The van der Waals surface area contributed by atoms with Crippen LogP contribution in [0.25, 0.3) is 11.1 Å². The van der Waals surface area contributed by atoms with Gasteiger partial charge in [0.25, 0.3) is 0 Å². The summed E-state index contributed by atoms with van der Waals surface area (Å²) in [4.78, 5) is 0. The molecule has 0 bridgehead atoms. The first-order valence-corrected chi connectivity index (χ1v) is 15.9. The fourth-order valence-corrected chi connectivity index (χ4v) is 7.60. The van der Waals surface area contributed by atoms with Crippen LogP contribution in [0.3, 0.4) is 0 Å². The summed E-state index contributed by atoms with van der Waals surface area (Å²) in [5.74, 6) is 1.34. The average molecular weight is 589 g/mol.